The monoisotopic (exact) mass is 482 g/mol. The fourth-order valence-corrected chi connectivity index (χ4v) is 4.98. The Hall–Kier alpha value is -3.52. The summed E-state index contributed by atoms with van der Waals surface area (Å²) < 4.78 is 38.9. The van der Waals surface area contributed by atoms with Crippen LogP contribution in [0.2, 0.25) is 0 Å². The Morgan fingerprint density at radius 3 is 2.15 bits per heavy atom. The van der Waals surface area contributed by atoms with E-state index in [0.717, 1.165) is 22.3 Å². The van der Waals surface area contributed by atoms with Crippen LogP contribution in [0.25, 0.3) is 0 Å². The van der Waals surface area contributed by atoms with Crippen molar-refractivity contribution in [3.63, 3.8) is 0 Å². The number of anilines is 1. The molecule has 1 amide bonds. The maximum absolute atomic E-state index is 13.6. The Morgan fingerprint density at radius 1 is 0.853 bits per heavy atom. The van der Waals surface area contributed by atoms with Crippen molar-refractivity contribution in [1.29, 1.82) is 0 Å². The first-order valence-electron chi connectivity index (χ1n) is 10.8. The normalized spacial score (nSPS) is 11.1. The molecule has 0 bridgehead atoms. The van der Waals surface area contributed by atoms with Crippen LogP contribution in [-0.2, 0) is 21.4 Å². The van der Waals surface area contributed by atoms with E-state index in [9.17, 15) is 13.2 Å². The molecule has 0 aliphatic carbocycles. The molecule has 0 saturated heterocycles. The molecule has 0 fully saturated rings. The summed E-state index contributed by atoms with van der Waals surface area (Å²) in [6.45, 7) is 5.46. The van der Waals surface area contributed by atoms with E-state index in [2.05, 4.69) is 5.32 Å². The van der Waals surface area contributed by atoms with Gasteiger partial charge in [-0.2, -0.15) is 0 Å². The van der Waals surface area contributed by atoms with Crippen LogP contribution in [0.3, 0.4) is 0 Å². The molecule has 0 aromatic heterocycles. The first-order chi connectivity index (χ1) is 16.1. The lowest BCUT2D eigenvalue weighted by Gasteiger charge is -2.26. The molecule has 8 heteroatoms. The summed E-state index contributed by atoms with van der Waals surface area (Å²) in [4.78, 5) is 13.1. The largest absolute Gasteiger partial charge is 0.493 e. The predicted molar refractivity (Wildman–Crippen MR) is 133 cm³/mol. The van der Waals surface area contributed by atoms with Gasteiger partial charge in [0.25, 0.3) is 10.0 Å². The predicted octanol–water partition coefficient (Wildman–Crippen LogP) is 4.14. The second-order valence-corrected chi connectivity index (χ2v) is 9.94. The number of nitrogens with zero attached hydrogens (tertiary/aromatic N) is 1. The van der Waals surface area contributed by atoms with Gasteiger partial charge in [0, 0.05) is 6.54 Å². The molecule has 180 valence electrons. The number of ether oxygens (including phenoxy) is 2. The summed E-state index contributed by atoms with van der Waals surface area (Å²) in [6, 6.07) is 17.5. The molecule has 7 nitrogen and oxygen atoms in total. The number of nitrogens with one attached hydrogen (secondary N) is 1. The van der Waals surface area contributed by atoms with Crippen molar-refractivity contribution in [2.45, 2.75) is 32.2 Å². The molecule has 0 spiro atoms. The van der Waals surface area contributed by atoms with E-state index in [1.165, 1.54) is 11.4 Å². The number of carbonyl (C=O) groups is 1. The summed E-state index contributed by atoms with van der Waals surface area (Å²) >= 11 is 0. The van der Waals surface area contributed by atoms with Crippen molar-refractivity contribution in [3.8, 4) is 11.5 Å². The highest BCUT2D eigenvalue weighted by Crippen LogP contribution is 2.29. The van der Waals surface area contributed by atoms with Crippen LogP contribution in [0.15, 0.2) is 65.6 Å². The fourth-order valence-electron chi connectivity index (χ4n) is 3.50. The van der Waals surface area contributed by atoms with Crippen molar-refractivity contribution in [1.82, 2.24) is 5.32 Å². The number of carbonyl (C=O) groups excluding carboxylic acids is 1. The van der Waals surface area contributed by atoms with Crippen molar-refractivity contribution in [2.24, 2.45) is 0 Å². The second-order valence-electron chi connectivity index (χ2n) is 8.08. The number of rotatable bonds is 9. The Morgan fingerprint density at radius 2 is 1.50 bits per heavy atom. The smallest absolute Gasteiger partial charge is 0.264 e. The number of amides is 1. The first-order valence-corrected chi connectivity index (χ1v) is 12.2. The summed E-state index contributed by atoms with van der Waals surface area (Å²) in [6.07, 6.45) is 0. The number of hydrogen-bond donors (Lipinski definition) is 1. The SMILES string of the molecule is COc1ccc(CNC(=O)CN(c2cc(C)ccc2C)S(=O)(=O)c2ccc(C)cc2)cc1OC. The van der Waals surface area contributed by atoms with Crippen LogP contribution < -0.4 is 19.1 Å². The number of hydrogen-bond acceptors (Lipinski definition) is 5. The van der Waals surface area contributed by atoms with Crippen LogP contribution in [0, 0.1) is 20.8 Å². The van der Waals surface area contributed by atoms with Crippen LogP contribution in [0.5, 0.6) is 11.5 Å². The van der Waals surface area contributed by atoms with Gasteiger partial charge in [-0.25, -0.2) is 8.42 Å². The molecule has 0 aliphatic heterocycles. The number of aryl methyl sites for hydroxylation is 3. The van der Waals surface area contributed by atoms with E-state index in [4.69, 9.17) is 9.47 Å². The summed E-state index contributed by atoms with van der Waals surface area (Å²) in [7, 11) is -0.881. The lowest BCUT2D eigenvalue weighted by atomic mass is 10.1. The van der Waals surface area contributed by atoms with Gasteiger partial charge in [-0.05, 0) is 67.8 Å². The molecular weight excluding hydrogens is 452 g/mol. The third kappa shape index (κ3) is 5.69. The maximum atomic E-state index is 13.6. The zero-order valence-corrected chi connectivity index (χ0v) is 20.9. The Balaban J connectivity index is 1.88. The van der Waals surface area contributed by atoms with Crippen molar-refractivity contribution < 1.29 is 22.7 Å². The minimum Gasteiger partial charge on any atom is -0.493 e. The maximum Gasteiger partial charge on any atom is 0.264 e. The molecular formula is C26H30N2O5S. The highest BCUT2D eigenvalue weighted by Gasteiger charge is 2.28. The van der Waals surface area contributed by atoms with Gasteiger partial charge < -0.3 is 14.8 Å². The van der Waals surface area contributed by atoms with Gasteiger partial charge in [0.15, 0.2) is 11.5 Å². The van der Waals surface area contributed by atoms with Crippen LogP contribution in [0.4, 0.5) is 5.69 Å². The van der Waals surface area contributed by atoms with E-state index in [0.29, 0.717) is 17.2 Å². The van der Waals surface area contributed by atoms with Gasteiger partial charge in [0.05, 0.1) is 24.8 Å². The van der Waals surface area contributed by atoms with Gasteiger partial charge in [0.1, 0.15) is 6.54 Å². The minimum absolute atomic E-state index is 0.131. The number of methoxy groups -OCH3 is 2. The van der Waals surface area contributed by atoms with Crippen molar-refractivity contribution in [2.75, 3.05) is 25.1 Å². The molecule has 34 heavy (non-hydrogen) atoms. The van der Waals surface area contributed by atoms with Crippen LogP contribution in [0.1, 0.15) is 22.3 Å². The van der Waals surface area contributed by atoms with E-state index >= 15 is 0 Å². The molecule has 3 aromatic carbocycles. The van der Waals surface area contributed by atoms with Crippen LogP contribution in [-0.4, -0.2) is 35.1 Å². The Labute approximate surface area is 201 Å². The van der Waals surface area contributed by atoms with E-state index in [1.807, 2.05) is 39.0 Å². The van der Waals surface area contributed by atoms with Crippen molar-refractivity contribution >= 4 is 21.6 Å². The zero-order valence-electron chi connectivity index (χ0n) is 20.1. The molecule has 0 radical (unpaired) electrons. The third-order valence-corrected chi connectivity index (χ3v) is 7.24. The molecule has 3 aromatic rings. The lowest BCUT2D eigenvalue weighted by Crippen LogP contribution is -2.41. The lowest BCUT2D eigenvalue weighted by molar-refractivity contribution is -0.119. The zero-order chi connectivity index (χ0) is 24.9. The molecule has 0 aliphatic rings. The summed E-state index contributed by atoms with van der Waals surface area (Å²) in [5, 5.41) is 2.81. The summed E-state index contributed by atoms with van der Waals surface area (Å²) in [5.74, 6) is 0.711. The van der Waals surface area contributed by atoms with Gasteiger partial charge in [-0.15, -0.1) is 0 Å². The van der Waals surface area contributed by atoms with E-state index < -0.39 is 15.9 Å². The van der Waals surface area contributed by atoms with Gasteiger partial charge in [-0.1, -0.05) is 35.9 Å². The molecule has 1 N–H and O–H groups in total. The minimum atomic E-state index is -3.97. The Bertz CT molecular complexity index is 1270. The molecule has 0 heterocycles. The molecule has 3 rings (SSSR count). The highest BCUT2D eigenvalue weighted by molar-refractivity contribution is 7.92. The summed E-state index contributed by atoms with van der Waals surface area (Å²) in [5.41, 5.74) is 3.88. The van der Waals surface area contributed by atoms with Gasteiger partial charge >= 0.3 is 0 Å². The standard InChI is InChI=1S/C26H30N2O5S/c1-18-7-11-22(12-8-18)34(30,31)28(23-14-19(2)6-9-20(23)3)17-26(29)27-16-21-10-13-24(32-4)25(15-21)33-5/h6-15H,16-17H2,1-5H3,(H,27,29). The van der Waals surface area contributed by atoms with E-state index in [1.54, 1.807) is 49.6 Å². The fraction of sp³-hybridized carbons (Fsp3) is 0.269. The van der Waals surface area contributed by atoms with Crippen LogP contribution >= 0.6 is 0 Å². The average Bonchev–Trinajstić information content (AvgIpc) is 2.82. The topological polar surface area (TPSA) is 84.9 Å². The molecule has 0 unspecified atom stereocenters. The second kappa shape index (κ2) is 10.6. The quantitative estimate of drug-likeness (QED) is 0.496. The van der Waals surface area contributed by atoms with Gasteiger partial charge in [0.2, 0.25) is 5.91 Å². The Kier molecular flexibility index (Phi) is 7.83. The number of sulfonamides is 1. The number of benzene rings is 3. The van der Waals surface area contributed by atoms with Crippen molar-refractivity contribution in [3.05, 3.63) is 82.9 Å². The average molecular weight is 483 g/mol. The molecule has 0 saturated carbocycles. The third-order valence-electron chi connectivity index (χ3n) is 5.47. The van der Waals surface area contributed by atoms with E-state index in [-0.39, 0.29) is 18.0 Å². The van der Waals surface area contributed by atoms with Gasteiger partial charge in [-0.3, -0.25) is 9.10 Å². The highest BCUT2D eigenvalue weighted by atomic mass is 32.2. The first kappa shape index (κ1) is 25.1. The molecule has 0 atom stereocenters.